The summed E-state index contributed by atoms with van der Waals surface area (Å²) in [4.78, 5) is 7.54. The predicted octanol–water partition coefficient (Wildman–Crippen LogP) is 3.82. The minimum atomic E-state index is -0.486. The highest BCUT2D eigenvalue weighted by Gasteiger charge is 2.17. The van der Waals surface area contributed by atoms with Gasteiger partial charge in [-0.15, -0.1) is 0 Å². The van der Waals surface area contributed by atoms with Gasteiger partial charge in [0.05, 0.1) is 21.9 Å². The number of nitrogens with one attached hydrogen (secondary N) is 2. The fraction of sp³-hybridized carbons (Fsp3) is 0.357. The van der Waals surface area contributed by atoms with Crippen molar-refractivity contribution in [3.63, 3.8) is 0 Å². The smallest absolute Gasteiger partial charge is 0.142 e. The van der Waals surface area contributed by atoms with Crippen molar-refractivity contribution >= 4 is 23.2 Å². The maximum absolute atomic E-state index is 13.5. The second kappa shape index (κ2) is 5.72. The monoisotopic (exact) mass is 313 g/mol. The minimum Gasteiger partial charge on any atom is -0.342 e. The number of imidazole rings is 1. The Balaban J connectivity index is 1.84. The van der Waals surface area contributed by atoms with E-state index in [1.807, 2.05) is 0 Å². The number of aromatic amines is 1. The highest BCUT2D eigenvalue weighted by Crippen LogP contribution is 2.31. The van der Waals surface area contributed by atoms with E-state index in [1.54, 1.807) is 6.20 Å². The van der Waals surface area contributed by atoms with Crippen LogP contribution < -0.4 is 5.32 Å². The average Bonchev–Trinajstić information content (AvgIpc) is 3.06. The summed E-state index contributed by atoms with van der Waals surface area (Å²) in [6, 6.07) is 3.20. The van der Waals surface area contributed by atoms with Crippen LogP contribution in [0.25, 0.3) is 11.3 Å². The van der Waals surface area contributed by atoms with E-state index < -0.39 is 5.82 Å². The summed E-state index contributed by atoms with van der Waals surface area (Å²) in [5.41, 5.74) is 1.28. The average molecular weight is 314 g/mol. The van der Waals surface area contributed by atoms with E-state index in [-0.39, 0.29) is 5.02 Å². The van der Waals surface area contributed by atoms with Crippen molar-refractivity contribution in [3.05, 3.63) is 40.0 Å². The Morgan fingerprint density at radius 2 is 2.15 bits per heavy atom. The molecule has 1 atom stereocenters. The van der Waals surface area contributed by atoms with Crippen molar-refractivity contribution in [1.82, 2.24) is 15.3 Å². The van der Waals surface area contributed by atoms with Gasteiger partial charge in [0.15, 0.2) is 0 Å². The van der Waals surface area contributed by atoms with Crippen molar-refractivity contribution < 1.29 is 4.39 Å². The molecule has 1 unspecified atom stereocenters. The number of halogens is 3. The summed E-state index contributed by atoms with van der Waals surface area (Å²) in [5.74, 6) is 0.394. The second-order valence-electron chi connectivity index (χ2n) is 4.99. The first-order valence-electron chi connectivity index (χ1n) is 6.55. The van der Waals surface area contributed by atoms with Crippen LogP contribution in [-0.4, -0.2) is 22.6 Å². The molecule has 1 fully saturated rings. The van der Waals surface area contributed by atoms with Crippen LogP contribution in [0.15, 0.2) is 18.3 Å². The van der Waals surface area contributed by atoms with E-state index in [4.69, 9.17) is 23.2 Å². The maximum Gasteiger partial charge on any atom is 0.142 e. The number of benzene rings is 1. The zero-order valence-corrected chi connectivity index (χ0v) is 12.2. The van der Waals surface area contributed by atoms with Crippen LogP contribution in [0.4, 0.5) is 4.39 Å². The van der Waals surface area contributed by atoms with E-state index >= 15 is 0 Å². The van der Waals surface area contributed by atoms with E-state index in [1.165, 1.54) is 18.6 Å². The van der Waals surface area contributed by atoms with Crippen LogP contribution in [0, 0.1) is 5.82 Å². The molecule has 0 aliphatic carbocycles. The van der Waals surface area contributed by atoms with Gasteiger partial charge in [-0.3, -0.25) is 0 Å². The highest BCUT2D eigenvalue weighted by atomic mass is 35.5. The van der Waals surface area contributed by atoms with Crippen LogP contribution in [0.1, 0.15) is 18.7 Å². The summed E-state index contributed by atoms with van der Waals surface area (Å²) in [7, 11) is 0. The molecule has 1 aliphatic rings. The summed E-state index contributed by atoms with van der Waals surface area (Å²) >= 11 is 11.8. The molecule has 2 N–H and O–H groups in total. The van der Waals surface area contributed by atoms with Gasteiger partial charge < -0.3 is 10.3 Å². The molecule has 20 heavy (non-hydrogen) atoms. The van der Waals surface area contributed by atoms with Crippen LogP contribution in [0.2, 0.25) is 10.0 Å². The first-order valence-corrected chi connectivity index (χ1v) is 7.31. The molecule has 0 saturated carbocycles. The lowest BCUT2D eigenvalue weighted by atomic mass is 10.1. The molecule has 0 bridgehead atoms. The normalized spacial score (nSPS) is 18.6. The van der Waals surface area contributed by atoms with Gasteiger partial charge in [-0.2, -0.15) is 0 Å². The summed E-state index contributed by atoms with van der Waals surface area (Å²) in [6.07, 6.45) is 4.88. The zero-order chi connectivity index (χ0) is 14.1. The molecule has 6 heteroatoms. The number of rotatable bonds is 3. The number of nitrogens with zero attached hydrogens (tertiary/aromatic N) is 1. The number of hydrogen-bond acceptors (Lipinski definition) is 2. The molecule has 1 aliphatic heterocycles. The Kier molecular flexibility index (Phi) is 3.96. The predicted molar refractivity (Wildman–Crippen MR) is 78.7 cm³/mol. The largest absolute Gasteiger partial charge is 0.342 e. The Labute approximate surface area is 126 Å². The molecule has 0 radical (unpaired) electrons. The summed E-state index contributed by atoms with van der Waals surface area (Å²) in [6.45, 7) is 1.06. The molecule has 2 aromatic rings. The fourth-order valence-corrected chi connectivity index (χ4v) is 2.98. The molecule has 0 spiro atoms. The Bertz CT molecular complexity index is 621. The molecule has 2 heterocycles. The van der Waals surface area contributed by atoms with Gasteiger partial charge in [-0.05, 0) is 31.5 Å². The highest BCUT2D eigenvalue weighted by molar-refractivity contribution is 6.36. The van der Waals surface area contributed by atoms with Gasteiger partial charge >= 0.3 is 0 Å². The lowest BCUT2D eigenvalue weighted by molar-refractivity contribution is 0.588. The standard InChI is InChI=1S/C14H14Cl2FN3/c15-10-6-11(16)12(17)5-9(10)13-7-19-14(20-13)4-8-2-1-3-18-8/h5-8,18H,1-4H2,(H,19,20). The SMILES string of the molecule is Fc1cc(-c2cnc(CC3CCCN3)[nH]2)c(Cl)cc1Cl. The molecule has 1 aromatic heterocycles. The quantitative estimate of drug-likeness (QED) is 0.846. The summed E-state index contributed by atoms with van der Waals surface area (Å²) < 4.78 is 13.5. The molecule has 1 aromatic carbocycles. The molecular weight excluding hydrogens is 300 g/mol. The molecule has 0 amide bonds. The lowest BCUT2D eigenvalue weighted by Gasteiger charge is -2.07. The van der Waals surface area contributed by atoms with Crippen LogP contribution in [0.5, 0.6) is 0 Å². The van der Waals surface area contributed by atoms with E-state index in [0.717, 1.165) is 25.2 Å². The van der Waals surface area contributed by atoms with Crippen LogP contribution >= 0.6 is 23.2 Å². The Hall–Kier alpha value is -1.10. The maximum atomic E-state index is 13.5. The fourth-order valence-electron chi connectivity index (χ4n) is 2.50. The van der Waals surface area contributed by atoms with E-state index in [0.29, 0.717) is 22.3 Å². The summed E-state index contributed by atoms with van der Waals surface area (Å²) in [5, 5.41) is 3.85. The van der Waals surface area contributed by atoms with E-state index in [2.05, 4.69) is 15.3 Å². The van der Waals surface area contributed by atoms with Gasteiger partial charge in [0, 0.05) is 18.0 Å². The van der Waals surface area contributed by atoms with Crippen LogP contribution in [-0.2, 0) is 6.42 Å². The molecule has 3 rings (SSSR count). The topological polar surface area (TPSA) is 40.7 Å². The van der Waals surface area contributed by atoms with Crippen LogP contribution in [0.3, 0.4) is 0 Å². The molecule has 1 saturated heterocycles. The van der Waals surface area contributed by atoms with Gasteiger partial charge in [0.1, 0.15) is 11.6 Å². The first-order chi connectivity index (χ1) is 9.63. The first kappa shape index (κ1) is 13.9. The van der Waals surface area contributed by atoms with Crippen molar-refractivity contribution in [3.8, 4) is 11.3 Å². The number of aromatic nitrogens is 2. The third-order valence-electron chi connectivity index (χ3n) is 3.53. The van der Waals surface area contributed by atoms with Crippen molar-refractivity contribution in [2.75, 3.05) is 6.54 Å². The second-order valence-corrected chi connectivity index (χ2v) is 5.80. The lowest BCUT2D eigenvalue weighted by Crippen LogP contribution is -2.24. The Morgan fingerprint density at radius 1 is 1.30 bits per heavy atom. The molecular formula is C14H14Cl2FN3. The number of hydrogen-bond donors (Lipinski definition) is 2. The molecule has 106 valence electrons. The van der Waals surface area contributed by atoms with Gasteiger partial charge in [0.2, 0.25) is 0 Å². The van der Waals surface area contributed by atoms with Crippen molar-refractivity contribution in [2.45, 2.75) is 25.3 Å². The van der Waals surface area contributed by atoms with Gasteiger partial charge in [-0.1, -0.05) is 23.2 Å². The van der Waals surface area contributed by atoms with Crippen molar-refractivity contribution in [1.29, 1.82) is 0 Å². The number of H-pyrrole nitrogens is 1. The van der Waals surface area contributed by atoms with Gasteiger partial charge in [-0.25, -0.2) is 9.37 Å². The zero-order valence-electron chi connectivity index (χ0n) is 10.7. The van der Waals surface area contributed by atoms with Crippen molar-refractivity contribution in [2.24, 2.45) is 0 Å². The Morgan fingerprint density at radius 3 is 2.90 bits per heavy atom. The van der Waals surface area contributed by atoms with E-state index in [9.17, 15) is 4.39 Å². The van der Waals surface area contributed by atoms with Gasteiger partial charge in [0.25, 0.3) is 0 Å². The third kappa shape index (κ3) is 2.82. The minimum absolute atomic E-state index is 0.0219. The third-order valence-corrected chi connectivity index (χ3v) is 4.13. The molecule has 3 nitrogen and oxygen atoms in total.